The van der Waals surface area contributed by atoms with Gasteiger partial charge in [-0.25, -0.2) is 0 Å². The van der Waals surface area contributed by atoms with Crippen LogP contribution in [0.25, 0.3) is 0 Å². The summed E-state index contributed by atoms with van der Waals surface area (Å²) in [5, 5.41) is 3.55. The zero-order valence-corrected chi connectivity index (χ0v) is 18.3. The first kappa shape index (κ1) is 23.0. The van der Waals surface area contributed by atoms with Crippen molar-refractivity contribution < 1.29 is 9.59 Å². The number of rotatable bonds is 10. The van der Waals surface area contributed by atoms with Gasteiger partial charge in [0.05, 0.1) is 6.42 Å². The molecular formula is C24H31ClN2O2. The first-order valence-electron chi connectivity index (χ1n) is 10.3. The Kier molecular flexibility index (Phi) is 9.20. The molecule has 0 aromatic heterocycles. The molecule has 0 radical (unpaired) electrons. The maximum Gasteiger partial charge on any atom is 0.242 e. The molecule has 0 heterocycles. The lowest BCUT2D eigenvalue weighted by Gasteiger charge is -2.31. The minimum Gasteiger partial charge on any atom is -0.354 e. The summed E-state index contributed by atoms with van der Waals surface area (Å²) < 4.78 is 0. The molecule has 5 heteroatoms. The van der Waals surface area contributed by atoms with Gasteiger partial charge in [0.2, 0.25) is 11.8 Å². The summed E-state index contributed by atoms with van der Waals surface area (Å²) in [6.07, 6.45) is 2.66. The van der Waals surface area contributed by atoms with E-state index in [1.807, 2.05) is 56.3 Å². The van der Waals surface area contributed by atoms with Crippen LogP contribution in [0, 0.1) is 6.92 Å². The number of hydrogen-bond donors (Lipinski definition) is 1. The van der Waals surface area contributed by atoms with Crippen molar-refractivity contribution in [2.24, 2.45) is 0 Å². The van der Waals surface area contributed by atoms with Gasteiger partial charge < -0.3 is 10.2 Å². The van der Waals surface area contributed by atoms with Crippen LogP contribution in [0.1, 0.15) is 49.8 Å². The zero-order valence-electron chi connectivity index (χ0n) is 17.6. The Morgan fingerprint density at radius 3 is 2.38 bits per heavy atom. The molecule has 2 rings (SSSR count). The summed E-state index contributed by atoms with van der Waals surface area (Å²) in [6.45, 7) is 7.07. The largest absolute Gasteiger partial charge is 0.354 e. The van der Waals surface area contributed by atoms with Crippen molar-refractivity contribution in [1.29, 1.82) is 0 Å². The van der Waals surface area contributed by atoms with Crippen molar-refractivity contribution in [2.45, 2.75) is 59.0 Å². The van der Waals surface area contributed by atoms with Gasteiger partial charge in [0, 0.05) is 18.1 Å². The molecule has 0 bridgehead atoms. The fourth-order valence-corrected chi connectivity index (χ4v) is 3.42. The summed E-state index contributed by atoms with van der Waals surface area (Å²) in [7, 11) is 0. The standard InChI is InChI=1S/C24H31ClN2O2/c1-4-6-15-26-24(29)22(5-2)27(17-19-13-11-18(3)12-14-19)23(28)16-20-9-7-8-10-21(20)25/h7-14,22H,4-6,15-17H2,1-3H3,(H,26,29). The molecule has 0 spiro atoms. The molecule has 0 saturated carbocycles. The van der Waals surface area contributed by atoms with Crippen molar-refractivity contribution in [3.8, 4) is 0 Å². The van der Waals surface area contributed by atoms with Crippen molar-refractivity contribution >= 4 is 23.4 Å². The minimum absolute atomic E-state index is 0.0967. The number of carbonyl (C=O) groups is 2. The van der Waals surface area contributed by atoms with E-state index in [4.69, 9.17) is 11.6 Å². The van der Waals surface area contributed by atoms with Crippen molar-refractivity contribution in [3.05, 3.63) is 70.2 Å². The quantitative estimate of drug-likeness (QED) is 0.561. The van der Waals surface area contributed by atoms with E-state index < -0.39 is 6.04 Å². The van der Waals surface area contributed by atoms with Gasteiger partial charge in [-0.05, 0) is 37.0 Å². The Morgan fingerprint density at radius 1 is 1.07 bits per heavy atom. The van der Waals surface area contributed by atoms with Crippen LogP contribution in [0.2, 0.25) is 5.02 Å². The highest BCUT2D eigenvalue weighted by atomic mass is 35.5. The first-order chi connectivity index (χ1) is 14.0. The summed E-state index contributed by atoms with van der Waals surface area (Å²) in [5.41, 5.74) is 2.93. The summed E-state index contributed by atoms with van der Waals surface area (Å²) in [4.78, 5) is 27.8. The average Bonchev–Trinajstić information content (AvgIpc) is 2.71. The Hall–Kier alpha value is -2.33. The van der Waals surface area contributed by atoms with Crippen LogP contribution in [-0.4, -0.2) is 29.3 Å². The van der Waals surface area contributed by atoms with Gasteiger partial charge in [0.1, 0.15) is 6.04 Å². The normalized spacial score (nSPS) is 11.7. The fraction of sp³-hybridized carbons (Fsp3) is 0.417. The van der Waals surface area contributed by atoms with Gasteiger partial charge in [-0.1, -0.05) is 79.9 Å². The third-order valence-electron chi connectivity index (χ3n) is 4.99. The van der Waals surface area contributed by atoms with E-state index in [9.17, 15) is 9.59 Å². The molecule has 0 fully saturated rings. The van der Waals surface area contributed by atoms with Gasteiger partial charge in [-0.2, -0.15) is 0 Å². The zero-order chi connectivity index (χ0) is 21.2. The van der Waals surface area contributed by atoms with E-state index in [2.05, 4.69) is 12.2 Å². The van der Waals surface area contributed by atoms with Gasteiger partial charge in [0.25, 0.3) is 0 Å². The monoisotopic (exact) mass is 414 g/mol. The minimum atomic E-state index is -0.511. The van der Waals surface area contributed by atoms with Crippen LogP contribution in [0.3, 0.4) is 0 Å². The second kappa shape index (κ2) is 11.6. The predicted octanol–water partition coefficient (Wildman–Crippen LogP) is 4.91. The van der Waals surface area contributed by atoms with Gasteiger partial charge in [0.15, 0.2) is 0 Å². The maximum absolute atomic E-state index is 13.3. The summed E-state index contributed by atoms with van der Waals surface area (Å²) >= 11 is 6.26. The second-order valence-corrected chi connectivity index (χ2v) is 7.75. The molecule has 1 atom stereocenters. The van der Waals surface area contributed by atoms with Crippen molar-refractivity contribution in [1.82, 2.24) is 10.2 Å². The third-order valence-corrected chi connectivity index (χ3v) is 5.36. The highest BCUT2D eigenvalue weighted by molar-refractivity contribution is 6.31. The Balaban J connectivity index is 2.25. The molecule has 0 aliphatic heterocycles. The van der Waals surface area contributed by atoms with Crippen LogP contribution < -0.4 is 5.32 Å². The molecule has 1 unspecified atom stereocenters. The number of nitrogens with zero attached hydrogens (tertiary/aromatic N) is 1. The van der Waals surface area contributed by atoms with Gasteiger partial charge in [-0.3, -0.25) is 9.59 Å². The number of amides is 2. The number of hydrogen-bond acceptors (Lipinski definition) is 2. The van der Waals surface area contributed by atoms with E-state index in [0.29, 0.717) is 24.5 Å². The summed E-state index contributed by atoms with van der Waals surface area (Å²) in [5.74, 6) is -0.197. The molecular weight excluding hydrogens is 384 g/mol. The molecule has 4 nitrogen and oxygen atoms in total. The number of benzene rings is 2. The molecule has 0 aliphatic rings. The molecule has 2 aromatic carbocycles. The Morgan fingerprint density at radius 2 is 1.76 bits per heavy atom. The Labute approximate surface area is 179 Å². The molecule has 1 N–H and O–H groups in total. The lowest BCUT2D eigenvalue weighted by molar-refractivity contribution is -0.140. The van der Waals surface area contributed by atoms with E-state index in [-0.39, 0.29) is 18.2 Å². The maximum atomic E-state index is 13.3. The fourth-order valence-electron chi connectivity index (χ4n) is 3.22. The highest BCUT2D eigenvalue weighted by Crippen LogP contribution is 2.19. The lowest BCUT2D eigenvalue weighted by atomic mass is 10.1. The number of carbonyl (C=O) groups excluding carboxylic acids is 2. The molecule has 156 valence electrons. The van der Waals surface area contributed by atoms with E-state index in [0.717, 1.165) is 29.5 Å². The molecule has 0 aliphatic carbocycles. The van der Waals surface area contributed by atoms with Crippen molar-refractivity contribution in [3.63, 3.8) is 0 Å². The molecule has 0 saturated heterocycles. The number of aryl methyl sites for hydroxylation is 1. The lowest BCUT2D eigenvalue weighted by Crippen LogP contribution is -2.49. The van der Waals surface area contributed by atoms with Crippen molar-refractivity contribution in [2.75, 3.05) is 6.54 Å². The van der Waals surface area contributed by atoms with Crippen LogP contribution in [0.5, 0.6) is 0 Å². The average molecular weight is 415 g/mol. The third kappa shape index (κ3) is 6.90. The van der Waals surface area contributed by atoms with E-state index in [1.165, 1.54) is 0 Å². The smallest absolute Gasteiger partial charge is 0.242 e. The van der Waals surface area contributed by atoms with E-state index >= 15 is 0 Å². The number of nitrogens with one attached hydrogen (secondary N) is 1. The SMILES string of the molecule is CCCCNC(=O)C(CC)N(Cc1ccc(C)cc1)C(=O)Cc1ccccc1Cl. The first-order valence-corrected chi connectivity index (χ1v) is 10.7. The van der Waals surface area contributed by atoms with Crippen LogP contribution in [-0.2, 0) is 22.6 Å². The Bertz CT molecular complexity index is 805. The van der Waals surface area contributed by atoms with E-state index in [1.54, 1.807) is 11.0 Å². The number of unbranched alkanes of at least 4 members (excludes halogenated alkanes) is 1. The second-order valence-electron chi connectivity index (χ2n) is 7.34. The van der Waals surface area contributed by atoms with Gasteiger partial charge in [-0.15, -0.1) is 0 Å². The predicted molar refractivity (Wildman–Crippen MR) is 119 cm³/mol. The van der Waals surface area contributed by atoms with Crippen LogP contribution in [0.4, 0.5) is 0 Å². The number of halogens is 1. The van der Waals surface area contributed by atoms with Crippen LogP contribution in [0.15, 0.2) is 48.5 Å². The van der Waals surface area contributed by atoms with Gasteiger partial charge >= 0.3 is 0 Å². The molecule has 2 aromatic rings. The topological polar surface area (TPSA) is 49.4 Å². The summed E-state index contributed by atoms with van der Waals surface area (Å²) in [6, 6.07) is 14.9. The molecule has 29 heavy (non-hydrogen) atoms. The highest BCUT2D eigenvalue weighted by Gasteiger charge is 2.28. The molecule has 2 amide bonds. The van der Waals surface area contributed by atoms with Crippen LogP contribution >= 0.6 is 11.6 Å².